The SMILES string of the molecule is CCN(CC)C(=O)c1ccc(COc2ccc3ccccc3c2)o1. The Morgan fingerprint density at radius 2 is 1.75 bits per heavy atom. The van der Waals surface area contributed by atoms with E-state index in [1.165, 1.54) is 5.39 Å². The lowest BCUT2D eigenvalue weighted by Crippen LogP contribution is -2.30. The molecule has 0 saturated heterocycles. The molecule has 0 aliphatic carbocycles. The maximum atomic E-state index is 12.2. The van der Waals surface area contributed by atoms with Crippen LogP contribution >= 0.6 is 0 Å². The number of benzene rings is 2. The molecule has 1 aromatic heterocycles. The highest BCUT2D eigenvalue weighted by molar-refractivity contribution is 5.91. The molecular weight excluding hydrogens is 302 g/mol. The number of furan rings is 1. The number of hydrogen-bond acceptors (Lipinski definition) is 3. The first-order chi connectivity index (χ1) is 11.7. The van der Waals surface area contributed by atoms with Gasteiger partial charge in [0.05, 0.1) is 0 Å². The molecule has 0 unspecified atom stereocenters. The summed E-state index contributed by atoms with van der Waals surface area (Å²) in [5.41, 5.74) is 0. The maximum absolute atomic E-state index is 12.2. The van der Waals surface area contributed by atoms with Crippen LogP contribution in [0.4, 0.5) is 0 Å². The van der Waals surface area contributed by atoms with Crippen molar-refractivity contribution in [1.29, 1.82) is 0 Å². The Hall–Kier alpha value is -2.75. The van der Waals surface area contributed by atoms with E-state index in [2.05, 4.69) is 12.1 Å². The van der Waals surface area contributed by atoms with Gasteiger partial charge in [0, 0.05) is 13.1 Å². The van der Waals surface area contributed by atoms with Crippen LogP contribution in [0.15, 0.2) is 59.0 Å². The molecular formula is C20H21NO3. The van der Waals surface area contributed by atoms with Crippen molar-refractivity contribution in [1.82, 2.24) is 4.90 Å². The zero-order valence-corrected chi connectivity index (χ0v) is 14.0. The van der Waals surface area contributed by atoms with Gasteiger partial charge in [-0.05, 0) is 48.9 Å². The molecule has 4 nitrogen and oxygen atoms in total. The summed E-state index contributed by atoms with van der Waals surface area (Å²) in [6.45, 7) is 5.53. The largest absolute Gasteiger partial charge is 0.486 e. The van der Waals surface area contributed by atoms with Gasteiger partial charge < -0.3 is 14.1 Å². The second-order valence-corrected chi connectivity index (χ2v) is 5.54. The van der Waals surface area contributed by atoms with Gasteiger partial charge in [-0.2, -0.15) is 0 Å². The second-order valence-electron chi connectivity index (χ2n) is 5.54. The van der Waals surface area contributed by atoms with Crippen LogP contribution in [-0.2, 0) is 6.61 Å². The number of carbonyl (C=O) groups excluding carboxylic acids is 1. The number of ether oxygens (including phenoxy) is 1. The van der Waals surface area contributed by atoms with Crippen molar-refractivity contribution in [3.8, 4) is 5.75 Å². The Morgan fingerprint density at radius 1 is 1.00 bits per heavy atom. The van der Waals surface area contributed by atoms with Crippen LogP contribution in [-0.4, -0.2) is 23.9 Å². The highest BCUT2D eigenvalue weighted by atomic mass is 16.5. The molecule has 3 aromatic rings. The fourth-order valence-electron chi connectivity index (χ4n) is 2.65. The molecule has 3 rings (SSSR count). The number of rotatable bonds is 6. The number of amides is 1. The summed E-state index contributed by atoms with van der Waals surface area (Å²) in [5, 5.41) is 2.31. The molecule has 0 bridgehead atoms. The van der Waals surface area contributed by atoms with Gasteiger partial charge >= 0.3 is 0 Å². The molecule has 0 spiro atoms. The molecule has 2 aromatic carbocycles. The number of fused-ring (bicyclic) bond motifs is 1. The lowest BCUT2D eigenvalue weighted by molar-refractivity contribution is 0.0737. The van der Waals surface area contributed by atoms with Crippen LogP contribution < -0.4 is 4.74 Å². The number of nitrogens with zero attached hydrogens (tertiary/aromatic N) is 1. The van der Waals surface area contributed by atoms with Gasteiger partial charge in [0.15, 0.2) is 5.76 Å². The van der Waals surface area contributed by atoms with Crippen LogP contribution in [0.5, 0.6) is 5.75 Å². The zero-order valence-electron chi connectivity index (χ0n) is 14.0. The van der Waals surface area contributed by atoms with Gasteiger partial charge in [0.1, 0.15) is 18.1 Å². The molecule has 1 heterocycles. The van der Waals surface area contributed by atoms with Crippen molar-refractivity contribution in [2.45, 2.75) is 20.5 Å². The Morgan fingerprint density at radius 3 is 2.50 bits per heavy atom. The minimum Gasteiger partial charge on any atom is -0.486 e. The first kappa shape index (κ1) is 16.1. The highest BCUT2D eigenvalue weighted by Crippen LogP contribution is 2.22. The Bertz CT molecular complexity index is 834. The van der Waals surface area contributed by atoms with E-state index in [9.17, 15) is 4.79 Å². The Labute approximate surface area is 141 Å². The molecule has 0 fully saturated rings. The summed E-state index contributed by atoms with van der Waals surface area (Å²) in [5.74, 6) is 1.69. The van der Waals surface area contributed by atoms with Gasteiger partial charge in [0.25, 0.3) is 5.91 Å². The molecule has 4 heteroatoms. The normalized spacial score (nSPS) is 10.8. The summed E-state index contributed by atoms with van der Waals surface area (Å²) in [7, 11) is 0. The average molecular weight is 323 g/mol. The predicted octanol–water partition coefficient (Wildman–Crippen LogP) is 4.49. The molecule has 0 atom stereocenters. The van der Waals surface area contributed by atoms with Crippen molar-refractivity contribution in [3.05, 3.63) is 66.1 Å². The summed E-state index contributed by atoms with van der Waals surface area (Å²) < 4.78 is 11.4. The van der Waals surface area contributed by atoms with Crippen molar-refractivity contribution in [2.75, 3.05) is 13.1 Å². The van der Waals surface area contributed by atoms with E-state index in [1.54, 1.807) is 17.0 Å². The van der Waals surface area contributed by atoms with Gasteiger partial charge in [-0.1, -0.05) is 30.3 Å². The first-order valence-corrected chi connectivity index (χ1v) is 8.21. The minimum absolute atomic E-state index is 0.0862. The van der Waals surface area contributed by atoms with Crippen molar-refractivity contribution in [2.24, 2.45) is 0 Å². The molecule has 0 N–H and O–H groups in total. The molecule has 0 radical (unpaired) electrons. The van der Waals surface area contributed by atoms with Crippen molar-refractivity contribution >= 4 is 16.7 Å². The summed E-state index contributed by atoms with van der Waals surface area (Å²) in [4.78, 5) is 14.0. The maximum Gasteiger partial charge on any atom is 0.289 e. The molecule has 1 amide bonds. The third kappa shape index (κ3) is 3.43. The predicted molar refractivity (Wildman–Crippen MR) is 94.2 cm³/mol. The number of hydrogen-bond donors (Lipinski definition) is 0. The second kappa shape index (κ2) is 7.21. The topological polar surface area (TPSA) is 42.7 Å². The molecule has 124 valence electrons. The average Bonchev–Trinajstić information content (AvgIpc) is 3.10. The molecule has 0 saturated carbocycles. The van der Waals surface area contributed by atoms with E-state index in [-0.39, 0.29) is 5.91 Å². The van der Waals surface area contributed by atoms with Crippen LogP contribution in [0.3, 0.4) is 0 Å². The van der Waals surface area contributed by atoms with E-state index in [1.807, 2.05) is 44.2 Å². The third-order valence-electron chi connectivity index (χ3n) is 4.03. The van der Waals surface area contributed by atoms with E-state index >= 15 is 0 Å². The van der Waals surface area contributed by atoms with E-state index in [0.29, 0.717) is 31.2 Å². The highest BCUT2D eigenvalue weighted by Gasteiger charge is 2.16. The van der Waals surface area contributed by atoms with Crippen molar-refractivity contribution in [3.63, 3.8) is 0 Å². The molecule has 0 aliphatic rings. The van der Waals surface area contributed by atoms with Gasteiger partial charge in [-0.25, -0.2) is 0 Å². The minimum atomic E-state index is -0.0862. The van der Waals surface area contributed by atoms with E-state index in [0.717, 1.165) is 11.1 Å². The lowest BCUT2D eigenvalue weighted by atomic mass is 10.1. The summed E-state index contributed by atoms with van der Waals surface area (Å²) in [6, 6.07) is 17.6. The zero-order chi connectivity index (χ0) is 16.9. The van der Waals surface area contributed by atoms with Gasteiger partial charge in [-0.3, -0.25) is 4.79 Å². The fourth-order valence-corrected chi connectivity index (χ4v) is 2.65. The van der Waals surface area contributed by atoms with Crippen LogP contribution in [0.1, 0.15) is 30.2 Å². The van der Waals surface area contributed by atoms with Gasteiger partial charge in [0.2, 0.25) is 0 Å². The van der Waals surface area contributed by atoms with E-state index in [4.69, 9.17) is 9.15 Å². The van der Waals surface area contributed by atoms with Crippen LogP contribution in [0.2, 0.25) is 0 Å². The molecule has 0 aliphatic heterocycles. The Balaban J connectivity index is 1.67. The lowest BCUT2D eigenvalue weighted by Gasteiger charge is -2.16. The monoisotopic (exact) mass is 323 g/mol. The van der Waals surface area contributed by atoms with Crippen LogP contribution in [0, 0.1) is 0 Å². The van der Waals surface area contributed by atoms with E-state index < -0.39 is 0 Å². The van der Waals surface area contributed by atoms with Crippen LogP contribution in [0.25, 0.3) is 10.8 Å². The summed E-state index contributed by atoms with van der Waals surface area (Å²) >= 11 is 0. The summed E-state index contributed by atoms with van der Waals surface area (Å²) in [6.07, 6.45) is 0. The number of carbonyl (C=O) groups is 1. The molecule has 24 heavy (non-hydrogen) atoms. The Kier molecular flexibility index (Phi) is 4.85. The smallest absolute Gasteiger partial charge is 0.289 e. The third-order valence-corrected chi connectivity index (χ3v) is 4.03. The first-order valence-electron chi connectivity index (χ1n) is 8.21. The quantitative estimate of drug-likeness (QED) is 0.671. The van der Waals surface area contributed by atoms with Crippen molar-refractivity contribution < 1.29 is 13.9 Å². The standard InChI is InChI=1S/C20H21NO3/c1-3-21(4-2)20(22)19-12-11-18(24-19)14-23-17-10-9-15-7-5-6-8-16(15)13-17/h5-13H,3-4,14H2,1-2H3. The van der Waals surface area contributed by atoms with Gasteiger partial charge in [-0.15, -0.1) is 0 Å². The fraction of sp³-hybridized carbons (Fsp3) is 0.250.